The normalized spacial score (nSPS) is 11.8. The van der Waals surface area contributed by atoms with E-state index in [1.807, 2.05) is 11.3 Å². The molecule has 10 aromatic rings. The largest absolute Gasteiger partial charge is 0.453 e. The highest BCUT2D eigenvalue weighted by molar-refractivity contribution is 7.25. The number of rotatable bonds is 4. The summed E-state index contributed by atoms with van der Waals surface area (Å²) in [5.74, 6) is 0. The van der Waals surface area contributed by atoms with Gasteiger partial charge in [0.25, 0.3) is 0 Å². The Balaban J connectivity index is 1.10. The SMILES string of the molecule is c1ccc(-c2ccc3c(c2)sc2cc(-c4cccc(-c5cccc6c5oc5c7ccccc7n(-c7ccccc7)c65)c4)ccc23)cc1. The molecule has 0 atom stereocenters. The molecule has 0 amide bonds. The highest BCUT2D eigenvalue weighted by Gasteiger charge is 2.21. The molecule has 47 heavy (non-hydrogen) atoms. The molecule has 0 aliphatic heterocycles. The molecule has 0 unspecified atom stereocenters. The Morgan fingerprint density at radius 1 is 0.404 bits per heavy atom. The van der Waals surface area contributed by atoms with Crippen LogP contribution in [-0.2, 0) is 0 Å². The second kappa shape index (κ2) is 10.3. The Morgan fingerprint density at radius 2 is 1.00 bits per heavy atom. The van der Waals surface area contributed by atoms with Gasteiger partial charge in [-0.15, -0.1) is 11.3 Å². The van der Waals surface area contributed by atoms with E-state index in [1.165, 1.54) is 42.4 Å². The first-order chi connectivity index (χ1) is 23.3. The van der Waals surface area contributed by atoms with E-state index in [4.69, 9.17) is 4.42 Å². The number of para-hydroxylation sites is 3. The smallest absolute Gasteiger partial charge is 0.161 e. The number of benzene rings is 7. The Hall–Kier alpha value is -5.90. The van der Waals surface area contributed by atoms with E-state index in [1.54, 1.807) is 0 Å². The molecule has 3 heterocycles. The van der Waals surface area contributed by atoms with Gasteiger partial charge < -0.3 is 8.98 Å². The Labute approximate surface area is 275 Å². The van der Waals surface area contributed by atoms with Gasteiger partial charge in [-0.05, 0) is 76.3 Å². The maximum Gasteiger partial charge on any atom is 0.161 e. The summed E-state index contributed by atoms with van der Waals surface area (Å²) in [5, 5.41) is 4.86. The van der Waals surface area contributed by atoms with Crippen molar-refractivity contribution >= 4 is 64.5 Å². The quantitative estimate of drug-likeness (QED) is 0.192. The van der Waals surface area contributed by atoms with Crippen LogP contribution >= 0.6 is 11.3 Å². The molecule has 3 aromatic heterocycles. The molecular weight excluding hydrogens is 591 g/mol. The lowest BCUT2D eigenvalue weighted by Gasteiger charge is -2.09. The molecule has 0 saturated carbocycles. The fourth-order valence-corrected chi connectivity index (χ4v) is 8.38. The average Bonchev–Trinajstić information content (AvgIpc) is 3.80. The second-order valence-electron chi connectivity index (χ2n) is 12.1. The van der Waals surface area contributed by atoms with Crippen LogP contribution in [0.4, 0.5) is 0 Å². The number of furan rings is 1. The summed E-state index contributed by atoms with van der Waals surface area (Å²) in [6.07, 6.45) is 0. The van der Waals surface area contributed by atoms with Crippen molar-refractivity contribution in [2.45, 2.75) is 0 Å². The number of fused-ring (bicyclic) bond motifs is 8. The highest BCUT2D eigenvalue weighted by Crippen LogP contribution is 2.43. The number of hydrogen-bond acceptors (Lipinski definition) is 2. The van der Waals surface area contributed by atoms with Gasteiger partial charge in [0.1, 0.15) is 11.1 Å². The molecule has 0 aliphatic carbocycles. The third-order valence-electron chi connectivity index (χ3n) is 9.40. The van der Waals surface area contributed by atoms with Crippen LogP contribution in [0.25, 0.3) is 92.2 Å². The average molecular weight is 618 g/mol. The van der Waals surface area contributed by atoms with Crippen molar-refractivity contribution in [3.8, 4) is 39.1 Å². The lowest BCUT2D eigenvalue weighted by Crippen LogP contribution is -1.92. The van der Waals surface area contributed by atoms with Crippen LogP contribution in [-0.4, -0.2) is 4.57 Å². The van der Waals surface area contributed by atoms with Crippen molar-refractivity contribution in [3.05, 3.63) is 164 Å². The Bertz CT molecular complexity index is 2780. The lowest BCUT2D eigenvalue weighted by atomic mass is 9.97. The first-order valence-electron chi connectivity index (χ1n) is 15.9. The fraction of sp³-hybridized carbons (Fsp3) is 0. The predicted molar refractivity (Wildman–Crippen MR) is 200 cm³/mol. The van der Waals surface area contributed by atoms with Crippen molar-refractivity contribution in [2.24, 2.45) is 0 Å². The molecule has 0 aliphatic rings. The standard InChI is InChI=1S/C44H27NOS/c1-3-11-28(12-4-1)30-21-23-35-36-24-22-31(27-41(36)47-40(35)26-30)29-13-9-14-32(25-29)34-18-10-19-38-42-44(46-43(34)38)37-17-7-8-20-39(37)45(42)33-15-5-2-6-16-33/h1-27H. The Kier molecular flexibility index (Phi) is 5.78. The summed E-state index contributed by atoms with van der Waals surface area (Å²) in [5.41, 5.74) is 12.4. The zero-order chi connectivity index (χ0) is 30.9. The minimum atomic E-state index is 0.916. The number of hydrogen-bond donors (Lipinski definition) is 0. The fourth-order valence-electron chi connectivity index (χ4n) is 7.20. The minimum Gasteiger partial charge on any atom is -0.453 e. The number of aromatic nitrogens is 1. The molecule has 7 aromatic carbocycles. The van der Waals surface area contributed by atoms with Gasteiger partial charge >= 0.3 is 0 Å². The molecule has 0 fully saturated rings. The van der Waals surface area contributed by atoms with Gasteiger partial charge in [-0.25, -0.2) is 0 Å². The van der Waals surface area contributed by atoms with Gasteiger partial charge in [0, 0.05) is 42.2 Å². The monoisotopic (exact) mass is 617 g/mol. The number of thiophene rings is 1. The summed E-state index contributed by atoms with van der Waals surface area (Å²) in [7, 11) is 0. The zero-order valence-electron chi connectivity index (χ0n) is 25.4. The van der Waals surface area contributed by atoms with Crippen molar-refractivity contribution in [3.63, 3.8) is 0 Å². The van der Waals surface area contributed by atoms with Crippen molar-refractivity contribution in [2.75, 3.05) is 0 Å². The van der Waals surface area contributed by atoms with Crippen molar-refractivity contribution in [1.29, 1.82) is 0 Å². The van der Waals surface area contributed by atoms with Crippen LogP contribution in [0.2, 0.25) is 0 Å². The lowest BCUT2D eigenvalue weighted by molar-refractivity contribution is 0.674. The molecule has 0 saturated heterocycles. The third-order valence-corrected chi connectivity index (χ3v) is 10.5. The van der Waals surface area contributed by atoms with Gasteiger partial charge in [-0.2, -0.15) is 0 Å². The highest BCUT2D eigenvalue weighted by atomic mass is 32.1. The van der Waals surface area contributed by atoms with E-state index in [0.717, 1.165) is 49.8 Å². The van der Waals surface area contributed by atoms with E-state index in [9.17, 15) is 0 Å². The van der Waals surface area contributed by atoms with E-state index in [0.29, 0.717) is 0 Å². The second-order valence-corrected chi connectivity index (χ2v) is 13.2. The molecule has 0 radical (unpaired) electrons. The third kappa shape index (κ3) is 4.10. The summed E-state index contributed by atoms with van der Waals surface area (Å²) in [4.78, 5) is 0. The van der Waals surface area contributed by atoms with Crippen molar-refractivity contribution < 1.29 is 4.42 Å². The van der Waals surface area contributed by atoms with Crippen LogP contribution in [0.3, 0.4) is 0 Å². The van der Waals surface area contributed by atoms with Crippen LogP contribution in [0.15, 0.2) is 168 Å². The molecule has 0 bridgehead atoms. The van der Waals surface area contributed by atoms with Crippen LogP contribution in [0, 0.1) is 0 Å². The summed E-state index contributed by atoms with van der Waals surface area (Å²) in [6, 6.07) is 58.8. The molecule has 3 heteroatoms. The molecule has 2 nitrogen and oxygen atoms in total. The summed E-state index contributed by atoms with van der Waals surface area (Å²) in [6.45, 7) is 0. The summed E-state index contributed by atoms with van der Waals surface area (Å²) >= 11 is 1.87. The maximum atomic E-state index is 6.81. The van der Waals surface area contributed by atoms with Crippen LogP contribution in [0.5, 0.6) is 0 Å². The van der Waals surface area contributed by atoms with E-state index in [-0.39, 0.29) is 0 Å². The first-order valence-corrected chi connectivity index (χ1v) is 16.7. The topological polar surface area (TPSA) is 18.1 Å². The van der Waals surface area contributed by atoms with Crippen molar-refractivity contribution in [1.82, 2.24) is 4.57 Å². The number of nitrogens with zero attached hydrogens (tertiary/aromatic N) is 1. The van der Waals surface area contributed by atoms with Crippen LogP contribution in [0.1, 0.15) is 0 Å². The summed E-state index contributed by atoms with van der Waals surface area (Å²) < 4.78 is 11.8. The van der Waals surface area contributed by atoms with E-state index >= 15 is 0 Å². The van der Waals surface area contributed by atoms with Gasteiger partial charge in [0.2, 0.25) is 0 Å². The molecule has 0 N–H and O–H groups in total. The van der Waals surface area contributed by atoms with Crippen LogP contribution < -0.4 is 0 Å². The van der Waals surface area contributed by atoms with Gasteiger partial charge in [-0.3, -0.25) is 0 Å². The van der Waals surface area contributed by atoms with Gasteiger partial charge in [-0.1, -0.05) is 115 Å². The first kappa shape index (κ1) is 26.3. The predicted octanol–water partition coefficient (Wildman–Crippen LogP) is 12.9. The van der Waals surface area contributed by atoms with E-state index < -0.39 is 0 Å². The molecule has 10 rings (SSSR count). The van der Waals surface area contributed by atoms with E-state index in [2.05, 4.69) is 168 Å². The molecular formula is C44H27NOS. The van der Waals surface area contributed by atoms with Gasteiger partial charge in [0.15, 0.2) is 5.58 Å². The zero-order valence-corrected chi connectivity index (χ0v) is 26.2. The minimum absolute atomic E-state index is 0.916. The maximum absolute atomic E-state index is 6.81. The molecule has 0 spiro atoms. The molecule has 220 valence electrons. The Morgan fingerprint density at radius 3 is 1.79 bits per heavy atom. The van der Waals surface area contributed by atoms with Gasteiger partial charge in [0.05, 0.1) is 5.52 Å².